The Morgan fingerprint density at radius 2 is 1.96 bits per heavy atom. The number of esters is 1. The van der Waals surface area contributed by atoms with Gasteiger partial charge in [0.05, 0.1) is 18.7 Å². The monoisotopic (exact) mass is 357 g/mol. The van der Waals surface area contributed by atoms with Crippen LogP contribution in [0.25, 0.3) is 0 Å². The Morgan fingerprint density at radius 3 is 2.77 bits per heavy atom. The van der Waals surface area contributed by atoms with E-state index >= 15 is 0 Å². The van der Waals surface area contributed by atoms with E-state index in [1.54, 1.807) is 30.3 Å². The van der Waals surface area contributed by atoms with Gasteiger partial charge in [-0.3, -0.25) is 4.79 Å². The number of fused-ring (bicyclic) bond motifs is 1. The van der Waals surface area contributed by atoms with Gasteiger partial charge in [0.15, 0.2) is 18.1 Å². The number of benzene rings is 2. The van der Waals surface area contributed by atoms with E-state index in [4.69, 9.17) is 18.9 Å². The average Bonchev–Trinajstić information content (AvgIpc) is 3.13. The molecule has 0 spiro atoms. The maximum absolute atomic E-state index is 12.1. The van der Waals surface area contributed by atoms with Crippen LogP contribution in [0.5, 0.6) is 17.2 Å². The number of carbonyl (C=O) groups excluding carboxylic acids is 2. The van der Waals surface area contributed by atoms with Gasteiger partial charge in [0.25, 0.3) is 5.91 Å². The van der Waals surface area contributed by atoms with Crippen LogP contribution < -0.4 is 19.5 Å². The zero-order valence-electron chi connectivity index (χ0n) is 14.5. The van der Waals surface area contributed by atoms with Crippen LogP contribution in [0.15, 0.2) is 42.5 Å². The number of rotatable bonds is 6. The van der Waals surface area contributed by atoms with Gasteiger partial charge in [0, 0.05) is 0 Å². The van der Waals surface area contributed by atoms with Crippen molar-refractivity contribution in [2.24, 2.45) is 0 Å². The first kappa shape index (κ1) is 17.6. The van der Waals surface area contributed by atoms with Gasteiger partial charge in [-0.2, -0.15) is 0 Å². The van der Waals surface area contributed by atoms with E-state index in [9.17, 15) is 9.59 Å². The summed E-state index contributed by atoms with van der Waals surface area (Å²) in [5.74, 6) is 0.883. The van der Waals surface area contributed by atoms with Crippen molar-refractivity contribution in [3.05, 3.63) is 53.6 Å². The molecule has 7 heteroatoms. The molecule has 1 atom stereocenters. The molecule has 2 aromatic carbocycles. The molecule has 26 heavy (non-hydrogen) atoms. The molecule has 1 N–H and O–H groups in total. The molecule has 1 heterocycles. The quantitative estimate of drug-likeness (QED) is 0.800. The third-order valence-corrected chi connectivity index (χ3v) is 3.91. The molecular weight excluding hydrogens is 338 g/mol. The van der Waals surface area contributed by atoms with Crippen LogP contribution in [0.4, 0.5) is 0 Å². The molecule has 7 nitrogen and oxygen atoms in total. The minimum atomic E-state index is -0.588. The van der Waals surface area contributed by atoms with Gasteiger partial charge in [-0.25, -0.2) is 4.79 Å². The fraction of sp³-hybridized carbons (Fsp3) is 0.263. The van der Waals surface area contributed by atoms with Crippen molar-refractivity contribution < 1.29 is 28.5 Å². The van der Waals surface area contributed by atoms with E-state index in [2.05, 4.69) is 5.32 Å². The van der Waals surface area contributed by atoms with E-state index in [0.717, 1.165) is 5.56 Å². The third kappa shape index (κ3) is 4.05. The molecule has 0 radical (unpaired) electrons. The molecule has 0 saturated carbocycles. The van der Waals surface area contributed by atoms with Crippen molar-refractivity contribution in [1.82, 2.24) is 5.32 Å². The molecule has 1 amide bonds. The topological polar surface area (TPSA) is 83.1 Å². The van der Waals surface area contributed by atoms with Crippen LogP contribution in [0.1, 0.15) is 28.9 Å². The molecule has 0 aliphatic carbocycles. The number of ether oxygens (including phenoxy) is 4. The number of carbonyl (C=O) groups is 2. The first-order chi connectivity index (χ1) is 12.6. The van der Waals surface area contributed by atoms with Crippen molar-refractivity contribution in [3.63, 3.8) is 0 Å². The maximum atomic E-state index is 12.1. The summed E-state index contributed by atoms with van der Waals surface area (Å²) in [5, 5.41) is 2.78. The lowest BCUT2D eigenvalue weighted by Gasteiger charge is -2.15. The zero-order valence-corrected chi connectivity index (χ0v) is 14.5. The van der Waals surface area contributed by atoms with Gasteiger partial charge in [0.2, 0.25) is 6.79 Å². The minimum absolute atomic E-state index is 0.194. The molecule has 0 fully saturated rings. The Morgan fingerprint density at radius 1 is 1.15 bits per heavy atom. The van der Waals surface area contributed by atoms with Gasteiger partial charge in [-0.15, -0.1) is 0 Å². The van der Waals surface area contributed by atoms with Crippen molar-refractivity contribution in [2.75, 3.05) is 20.5 Å². The number of hydrogen-bond acceptors (Lipinski definition) is 6. The van der Waals surface area contributed by atoms with Crippen LogP contribution in [0, 0.1) is 0 Å². The summed E-state index contributed by atoms with van der Waals surface area (Å²) < 4.78 is 20.7. The van der Waals surface area contributed by atoms with Crippen molar-refractivity contribution in [2.45, 2.75) is 13.0 Å². The average molecular weight is 357 g/mol. The van der Waals surface area contributed by atoms with Crippen LogP contribution in [-0.2, 0) is 9.53 Å². The third-order valence-electron chi connectivity index (χ3n) is 3.91. The highest BCUT2D eigenvalue weighted by Gasteiger charge is 2.17. The van der Waals surface area contributed by atoms with Gasteiger partial charge in [-0.05, 0) is 42.8 Å². The maximum Gasteiger partial charge on any atom is 0.338 e. The summed E-state index contributed by atoms with van der Waals surface area (Å²) in [5.41, 5.74) is 1.18. The molecule has 2 aromatic rings. The Kier molecular flexibility index (Phi) is 5.26. The largest absolute Gasteiger partial charge is 0.497 e. The summed E-state index contributed by atoms with van der Waals surface area (Å²) in [6.45, 7) is 1.66. The first-order valence-electron chi connectivity index (χ1n) is 8.07. The van der Waals surface area contributed by atoms with E-state index in [1.807, 2.05) is 19.1 Å². The van der Waals surface area contributed by atoms with Crippen molar-refractivity contribution in [1.29, 1.82) is 0 Å². The number of hydrogen-bond donors (Lipinski definition) is 1. The summed E-state index contributed by atoms with van der Waals surface area (Å²) in [7, 11) is 1.51. The Hall–Kier alpha value is -3.22. The Labute approximate surface area is 150 Å². The van der Waals surface area contributed by atoms with Gasteiger partial charge in [-0.1, -0.05) is 12.1 Å². The molecule has 0 bridgehead atoms. The number of amides is 1. The summed E-state index contributed by atoms with van der Waals surface area (Å²) in [6.07, 6.45) is 0. The van der Waals surface area contributed by atoms with Crippen molar-refractivity contribution >= 4 is 11.9 Å². The van der Waals surface area contributed by atoms with Crippen molar-refractivity contribution in [3.8, 4) is 17.2 Å². The molecule has 3 rings (SSSR count). The lowest BCUT2D eigenvalue weighted by Crippen LogP contribution is -2.31. The van der Waals surface area contributed by atoms with E-state index in [1.165, 1.54) is 7.11 Å². The highest BCUT2D eigenvalue weighted by atomic mass is 16.7. The lowest BCUT2D eigenvalue weighted by molar-refractivity contribution is -0.124. The van der Waals surface area contributed by atoms with Crippen LogP contribution in [0.2, 0.25) is 0 Å². The molecule has 0 unspecified atom stereocenters. The number of nitrogens with one attached hydrogen (secondary N) is 1. The SMILES string of the molecule is COc1cccc(C(=O)OCC(=O)N[C@@H](C)c2ccc3c(c2)OCO3)c1. The fourth-order valence-corrected chi connectivity index (χ4v) is 2.51. The second-order valence-corrected chi connectivity index (χ2v) is 5.71. The molecule has 0 aromatic heterocycles. The summed E-state index contributed by atoms with van der Waals surface area (Å²) in [4.78, 5) is 24.1. The standard InChI is InChI=1S/C19H19NO6/c1-12(13-6-7-16-17(9-13)26-11-25-16)20-18(21)10-24-19(22)14-4-3-5-15(8-14)23-2/h3-9,12H,10-11H2,1-2H3,(H,20,21)/t12-/m0/s1. The van der Waals surface area contributed by atoms with E-state index < -0.39 is 11.9 Å². The highest BCUT2D eigenvalue weighted by molar-refractivity contribution is 5.91. The van der Waals surface area contributed by atoms with Crippen LogP contribution in [0.3, 0.4) is 0 Å². The van der Waals surface area contributed by atoms with Gasteiger partial charge >= 0.3 is 5.97 Å². The molecular formula is C19H19NO6. The molecule has 136 valence electrons. The predicted octanol–water partition coefficient (Wildman–Crippen LogP) is 2.46. The number of methoxy groups -OCH3 is 1. The van der Waals surface area contributed by atoms with Gasteiger partial charge < -0.3 is 24.3 Å². The van der Waals surface area contributed by atoms with Gasteiger partial charge in [0.1, 0.15) is 5.75 Å². The first-order valence-corrected chi connectivity index (χ1v) is 8.07. The molecule has 1 aliphatic heterocycles. The van der Waals surface area contributed by atoms with Crippen LogP contribution in [-0.4, -0.2) is 32.4 Å². The predicted molar refractivity (Wildman–Crippen MR) is 92.4 cm³/mol. The fourth-order valence-electron chi connectivity index (χ4n) is 2.51. The Balaban J connectivity index is 1.52. The van der Waals surface area contributed by atoms with Crippen LogP contribution >= 0.6 is 0 Å². The lowest BCUT2D eigenvalue weighted by atomic mass is 10.1. The summed E-state index contributed by atoms with van der Waals surface area (Å²) >= 11 is 0. The second kappa shape index (κ2) is 7.77. The van der Waals surface area contributed by atoms with E-state index in [0.29, 0.717) is 22.8 Å². The minimum Gasteiger partial charge on any atom is -0.497 e. The molecule has 0 saturated heterocycles. The smallest absolute Gasteiger partial charge is 0.338 e. The molecule has 1 aliphatic rings. The Bertz CT molecular complexity index is 819. The normalized spacial score (nSPS) is 13.0. The summed E-state index contributed by atoms with van der Waals surface area (Å²) in [6, 6.07) is 11.7. The second-order valence-electron chi connectivity index (χ2n) is 5.71. The highest BCUT2D eigenvalue weighted by Crippen LogP contribution is 2.34. The van der Waals surface area contributed by atoms with E-state index in [-0.39, 0.29) is 19.4 Å². The zero-order chi connectivity index (χ0) is 18.5.